The second-order valence-electron chi connectivity index (χ2n) is 6.61. The second kappa shape index (κ2) is 7.10. The van der Waals surface area contributed by atoms with Gasteiger partial charge in [-0.05, 0) is 49.9 Å². The smallest absolute Gasteiger partial charge is 0.270 e. The first-order valence-electron chi connectivity index (χ1n) is 8.66. The minimum atomic E-state index is -0.439. The van der Waals surface area contributed by atoms with Crippen LogP contribution in [0.25, 0.3) is 0 Å². The van der Waals surface area contributed by atoms with Gasteiger partial charge < -0.3 is 4.74 Å². The number of aromatic nitrogens is 2. The van der Waals surface area contributed by atoms with Gasteiger partial charge >= 0.3 is 0 Å². The first kappa shape index (κ1) is 16.5. The lowest BCUT2D eigenvalue weighted by molar-refractivity contribution is -0.384. The number of nitrogens with zero attached hydrogens (tertiary/aromatic N) is 4. The van der Waals surface area contributed by atoms with Crippen molar-refractivity contribution in [1.29, 1.82) is 0 Å². The molecule has 1 unspecified atom stereocenters. The van der Waals surface area contributed by atoms with Crippen molar-refractivity contribution in [3.63, 3.8) is 0 Å². The van der Waals surface area contributed by atoms with Gasteiger partial charge in [0.05, 0.1) is 4.92 Å². The summed E-state index contributed by atoms with van der Waals surface area (Å²) < 4.78 is 6.01. The fraction of sp³-hybridized carbons (Fsp3) is 0.368. The molecule has 3 aliphatic rings. The monoisotopic (exact) mass is 350 g/mol. The van der Waals surface area contributed by atoms with Crippen LogP contribution in [0.2, 0.25) is 0 Å². The zero-order valence-corrected chi connectivity index (χ0v) is 14.2. The molecule has 7 nitrogen and oxygen atoms in total. The van der Waals surface area contributed by atoms with Gasteiger partial charge in [-0.25, -0.2) is 0 Å². The minimum absolute atomic E-state index is 0.0177. The van der Waals surface area contributed by atoms with Crippen molar-refractivity contribution in [3.05, 3.63) is 57.8 Å². The molecule has 0 N–H and O–H groups in total. The summed E-state index contributed by atoms with van der Waals surface area (Å²) in [6.45, 7) is 3.30. The average Bonchev–Trinajstić information content (AvgIpc) is 2.69. The Morgan fingerprint density at radius 2 is 2.00 bits per heavy atom. The topological polar surface area (TPSA) is 81.4 Å². The molecule has 3 fully saturated rings. The largest absolute Gasteiger partial charge is 0.472 e. The molecule has 0 radical (unpaired) electrons. The van der Waals surface area contributed by atoms with Crippen molar-refractivity contribution >= 4 is 5.69 Å². The summed E-state index contributed by atoms with van der Waals surface area (Å²) >= 11 is 0. The number of benzene rings is 1. The number of piperidine rings is 3. The minimum Gasteiger partial charge on any atom is -0.472 e. The van der Waals surface area contributed by atoms with E-state index >= 15 is 0 Å². The van der Waals surface area contributed by atoms with Crippen LogP contribution in [0.3, 0.4) is 0 Å². The third-order valence-electron chi connectivity index (χ3n) is 4.90. The molecule has 7 heteroatoms. The lowest BCUT2D eigenvalue weighted by Gasteiger charge is -2.44. The Morgan fingerprint density at radius 3 is 2.65 bits per heavy atom. The Labute approximate surface area is 151 Å². The van der Waals surface area contributed by atoms with Crippen LogP contribution in [-0.2, 0) is 0 Å². The Balaban J connectivity index is 1.42. The highest BCUT2D eigenvalue weighted by molar-refractivity contribution is 5.45. The number of fused-ring (bicyclic) bond motifs is 3. The van der Waals surface area contributed by atoms with Crippen LogP contribution in [0, 0.1) is 27.9 Å². The highest BCUT2D eigenvalue weighted by atomic mass is 16.6. The SMILES string of the molecule is O=[N+]([O-])c1cccc(C#Cc2ccc(OC3CN4CCC3CC4)nn2)c1. The molecule has 132 valence electrons. The van der Waals surface area contributed by atoms with Gasteiger partial charge in [-0.1, -0.05) is 12.0 Å². The molecule has 0 amide bonds. The molecule has 2 bridgehead atoms. The Hall–Kier alpha value is -2.98. The van der Waals surface area contributed by atoms with Gasteiger partial charge in [-0.3, -0.25) is 15.0 Å². The van der Waals surface area contributed by atoms with Crippen LogP contribution in [-0.4, -0.2) is 45.8 Å². The number of ether oxygens (including phenoxy) is 1. The maximum absolute atomic E-state index is 10.8. The molecule has 1 aromatic carbocycles. The molecule has 3 saturated heterocycles. The van der Waals surface area contributed by atoms with Gasteiger partial charge in [-0.2, -0.15) is 0 Å². The van der Waals surface area contributed by atoms with Crippen LogP contribution >= 0.6 is 0 Å². The molecule has 2 aromatic rings. The summed E-state index contributed by atoms with van der Waals surface area (Å²) in [6, 6.07) is 9.74. The summed E-state index contributed by atoms with van der Waals surface area (Å²) in [7, 11) is 0. The first-order chi connectivity index (χ1) is 12.7. The molecule has 0 spiro atoms. The summed E-state index contributed by atoms with van der Waals surface area (Å²) in [4.78, 5) is 12.8. The summed E-state index contributed by atoms with van der Waals surface area (Å²) in [5, 5.41) is 19.0. The summed E-state index contributed by atoms with van der Waals surface area (Å²) in [5.74, 6) is 6.87. The number of rotatable bonds is 3. The lowest BCUT2D eigenvalue weighted by Crippen LogP contribution is -2.52. The fourth-order valence-corrected chi connectivity index (χ4v) is 3.48. The molecule has 26 heavy (non-hydrogen) atoms. The molecule has 1 atom stereocenters. The zero-order chi connectivity index (χ0) is 17.9. The van der Waals surface area contributed by atoms with Gasteiger partial charge in [0.15, 0.2) is 0 Å². The second-order valence-corrected chi connectivity index (χ2v) is 6.61. The number of hydrogen-bond acceptors (Lipinski definition) is 6. The zero-order valence-electron chi connectivity index (χ0n) is 14.2. The van der Waals surface area contributed by atoms with E-state index in [1.807, 2.05) is 0 Å². The first-order valence-corrected chi connectivity index (χ1v) is 8.66. The van der Waals surface area contributed by atoms with Crippen molar-refractivity contribution in [2.24, 2.45) is 5.92 Å². The van der Waals surface area contributed by atoms with Gasteiger partial charge in [-0.15, -0.1) is 10.2 Å². The Bertz CT molecular complexity index is 864. The van der Waals surface area contributed by atoms with Crippen LogP contribution in [0.1, 0.15) is 24.1 Å². The number of nitro benzene ring substituents is 1. The van der Waals surface area contributed by atoms with Crippen molar-refractivity contribution in [3.8, 4) is 17.7 Å². The molecular weight excluding hydrogens is 332 g/mol. The van der Waals surface area contributed by atoms with E-state index in [4.69, 9.17) is 4.74 Å². The maximum atomic E-state index is 10.8. The van der Waals surface area contributed by atoms with Crippen molar-refractivity contribution < 1.29 is 9.66 Å². The van der Waals surface area contributed by atoms with Gasteiger partial charge in [0.2, 0.25) is 5.88 Å². The quantitative estimate of drug-likeness (QED) is 0.480. The third kappa shape index (κ3) is 3.65. The molecule has 1 aromatic heterocycles. The van der Waals surface area contributed by atoms with Crippen LogP contribution < -0.4 is 4.74 Å². The van der Waals surface area contributed by atoms with Crippen molar-refractivity contribution in [1.82, 2.24) is 15.1 Å². The maximum Gasteiger partial charge on any atom is 0.270 e. The van der Waals surface area contributed by atoms with Crippen LogP contribution in [0.5, 0.6) is 5.88 Å². The summed E-state index contributed by atoms with van der Waals surface area (Å²) in [5.41, 5.74) is 1.08. The van der Waals surface area contributed by atoms with E-state index < -0.39 is 4.92 Å². The lowest BCUT2D eigenvalue weighted by atomic mass is 9.86. The highest BCUT2D eigenvalue weighted by Crippen LogP contribution is 2.30. The standard InChI is InChI=1S/C19H18N4O3/c24-23(25)17-3-1-2-14(12-17)4-5-16-6-7-19(21-20-16)26-18-13-22-10-8-15(18)9-11-22/h1-3,6-7,12,15,18H,8-11,13H2. The predicted molar refractivity (Wildman–Crippen MR) is 94.7 cm³/mol. The van der Waals surface area contributed by atoms with E-state index in [2.05, 4.69) is 26.9 Å². The Kier molecular flexibility index (Phi) is 4.50. The average molecular weight is 350 g/mol. The molecule has 0 aliphatic carbocycles. The number of hydrogen-bond donors (Lipinski definition) is 0. The number of non-ortho nitro benzene ring substituents is 1. The van der Waals surface area contributed by atoms with Crippen LogP contribution in [0.4, 0.5) is 5.69 Å². The normalized spacial score (nSPS) is 23.8. The Morgan fingerprint density at radius 1 is 1.15 bits per heavy atom. The molecule has 4 heterocycles. The van der Waals surface area contributed by atoms with Crippen molar-refractivity contribution in [2.75, 3.05) is 19.6 Å². The highest BCUT2D eigenvalue weighted by Gasteiger charge is 2.35. The van der Waals surface area contributed by atoms with Gasteiger partial charge in [0.25, 0.3) is 5.69 Å². The van der Waals surface area contributed by atoms with E-state index in [0.717, 1.165) is 6.54 Å². The van der Waals surface area contributed by atoms with Crippen molar-refractivity contribution in [2.45, 2.75) is 18.9 Å². The summed E-state index contributed by atoms with van der Waals surface area (Å²) in [6.07, 6.45) is 2.56. The number of nitro groups is 1. The van der Waals surface area contributed by atoms with E-state index in [9.17, 15) is 10.1 Å². The van der Waals surface area contributed by atoms with E-state index in [-0.39, 0.29) is 11.8 Å². The van der Waals surface area contributed by atoms with Gasteiger partial charge in [0.1, 0.15) is 11.8 Å². The predicted octanol–water partition coefficient (Wildman–Crippen LogP) is 2.26. The van der Waals surface area contributed by atoms with E-state index in [1.165, 1.54) is 38.1 Å². The third-order valence-corrected chi connectivity index (χ3v) is 4.90. The van der Waals surface area contributed by atoms with Crippen LogP contribution in [0.15, 0.2) is 36.4 Å². The van der Waals surface area contributed by atoms with E-state index in [1.54, 1.807) is 24.3 Å². The molecule has 3 aliphatic heterocycles. The fourth-order valence-electron chi connectivity index (χ4n) is 3.48. The van der Waals surface area contributed by atoms with E-state index in [0.29, 0.717) is 23.1 Å². The molecule has 5 rings (SSSR count). The van der Waals surface area contributed by atoms with Gasteiger partial charge in [0, 0.05) is 30.3 Å². The molecule has 0 saturated carbocycles. The molecular formula is C19H18N4O3.